The van der Waals surface area contributed by atoms with Gasteiger partial charge in [-0.2, -0.15) is 0 Å². The maximum Gasteiger partial charge on any atom is 0.115 e. The van der Waals surface area contributed by atoms with E-state index in [0.29, 0.717) is 11.7 Å². The Bertz CT molecular complexity index is 541. The molecule has 1 fully saturated rings. The van der Waals surface area contributed by atoms with Gasteiger partial charge >= 0.3 is 0 Å². The molecule has 122 valence electrons. The highest BCUT2D eigenvalue weighted by atomic mass is 16.3. The minimum Gasteiger partial charge on any atom is -0.508 e. The number of aliphatic hydroxyl groups is 2. The number of phenols is 1. The number of hydrogen-bond donors (Lipinski definition) is 3. The van der Waals surface area contributed by atoms with Crippen molar-refractivity contribution in [1.29, 1.82) is 0 Å². The molecule has 1 saturated carbocycles. The smallest absolute Gasteiger partial charge is 0.115 e. The van der Waals surface area contributed by atoms with E-state index < -0.39 is 5.60 Å². The molecule has 1 aromatic rings. The predicted octanol–water partition coefficient (Wildman–Crippen LogP) is 3.51. The van der Waals surface area contributed by atoms with Gasteiger partial charge in [-0.15, -0.1) is 0 Å². The highest BCUT2D eigenvalue weighted by Crippen LogP contribution is 2.57. The van der Waals surface area contributed by atoms with Gasteiger partial charge in [-0.05, 0) is 86.0 Å². The van der Waals surface area contributed by atoms with Crippen LogP contribution in [-0.4, -0.2) is 27.5 Å². The van der Waals surface area contributed by atoms with Crippen molar-refractivity contribution in [3.05, 3.63) is 29.3 Å². The first kappa shape index (κ1) is 15.8. The molecule has 0 bridgehead atoms. The lowest BCUT2D eigenvalue weighted by molar-refractivity contribution is -0.0551. The first-order valence-electron chi connectivity index (χ1n) is 8.61. The number of phenolic OH excluding ortho intramolecular Hbond substituents is 1. The topological polar surface area (TPSA) is 60.7 Å². The number of benzene rings is 1. The summed E-state index contributed by atoms with van der Waals surface area (Å²) in [6, 6.07) is 5.74. The number of hydrogen-bond acceptors (Lipinski definition) is 3. The Kier molecular flexibility index (Phi) is 4.21. The number of unbranched alkanes of at least 4 members (excludes halogenated alkanes) is 1. The molecule has 2 aliphatic carbocycles. The maximum absolute atomic E-state index is 11.0. The van der Waals surface area contributed by atoms with Crippen LogP contribution in [0.1, 0.15) is 68.9 Å². The van der Waals surface area contributed by atoms with Crippen LogP contribution in [-0.2, 0) is 6.42 Å². The molecule has 0 spiro atoms. The third-order valence-electron chi connectivity index (χ3n) is 6.10. The molecule has 0 aromatic heterocycles. The molecule has 3 rings (SSSR count). The van der Waals surface area contributed by atoms with Crippen molar-refractivity contribution in [2.45, 2.75) is 69.8 Å². The van der Waals surface area contributed by atoms with Crippen molar-refractivity contribution in [3.8, 4) is 5.75 Å². The largest absolute Gasteiger partial charge is 0.508 e. The molecule has 3 nitrogen and oxygen atoms in total. The van der Waals surface area contributed by atoms with E-state index in [1.807, 2.05) is 6.07 Å². The molecule has 0 amide bonds. The lowest BCUT2D eigenvalue weighted by atomic mass is 9.55. The van der Waals surface area contributed by atoms with Gasteiger partial charge in [-0.3, -0.25) is 0 Å². The van der Waals surface area contributed by atoms with Gasteiger partial charge in [0.2, 0.25) is 0 Å². The highest BCUT2D eigenvalue weighted by molar-refractivity contribution is 5.41. The zero-order valence-electron chi connectivity index (χ0n) is 13.5. The number of fused-ring (bicyclic) bond motifs is 3. The van der Waals surface area contributed by atoms with E-state index in [1.54, 1.807) is 6.07 Å². The molecule has 3 atom stereocenters. The molecule has 1 aromatic carbocycles. The Hall–Kier alpha value is -1.06. The van der Waals surface area contributed by atoms with Gasteiger partial charge in [0, 0.05) is 6.61 Å². The molecule has 3 N–H and O–H groups in total. The molecule has 0 unspecified atom stereocenters. The van der Waals surface area contributed by atoms with E-state index in [2.05, 4.69) is 13.0 Å². The summed E-state index contributed by atoms with van der Waals surface area (Å²) in [5.41, 5.74) is 2.26. The van der Waals surface area contributed by atoms with Crippen LogP contribution in [0.5, 0.6) is 5.75 Å². The Labute approximate surface area is 133 Å². The standard InChI is InChI=1S/C19H28O3/c1-18-8-6-14-12-15(21)4-5-16(14)17(18)13-19(22,10-9-18)7-2-3-11-20/h4-5,12,17,20-22H,2-3,6-11,13H2,1H3/t17-,18+,19+/m1/s1. The number of aromatic hydroxyl groups is 1. The van der Waals surface area contributed by atoms with Crippen molar-refractivity contribution >= 4 is 0 Å². The molecule has 0 saturated heterocycles. The summed E-state index contributed by atoms with van der Waals surface area (Å²) < 4.78 is 0. The monoisotopic (exact) mass is 304 g/mol. The summed E-state index contributed by atoms with van der Waals surface area (Å²) in [5, 5.41) is 29.7. The summed E-state index contributed by atoms with van der Waals surface area (Å²) in [6.45, 7) is 2.57. The normalized spacial score (nSPS) is 34.0. The third kappa shape index (κ3) is 2.89. The molecule has 2 aliphatic rings. The Morgan fingerprint density at radius 2 is 2.00 bits per heavy atom. The molecule has 0 radical (unpaired) electrons. The van der Waals surface area contributed by atoms with Crippen molar-refractivity contribution in [2.24, 2.45) is 5.41 Å². The van der Waals surface area contributed by atoms with E-state index >= 15 is 0 Å². The quantitative estimate of drug-likeness (QED) is 0.746. The van der Waals surface area contributed by atoms with E-state index in [9.17, 15) is 10.2 Å². The first-order chi connectivity index (χ1) is 10.5. The fourth-order valence-corrected chi connectivity index (χ4v) is 4.57. The van der Waals surface area contributed by atoms with E-state index in [1.165, 1.54) is 11.1 Å². The second-order valence-electron chi connectivity index (χ2n) is 7.70. The zero-order chi connectivity index (χ0) is 15.8. The van der Waals surface area contributed by atoms with Crippen molar-refractivity contribution in [3.63, 3.8) is 0 Å². The lowest BCUT2D eigenvalue weighted by Gasteiger charge is -2.51. The van der Waals surface area contributed by atoms with Gasteiger partial charge in [-0.25, -0.2) is 0 Å². The molecular weight excluding hydrogens is 276 g/mol. The van der Waals surface area contributed by atoms with Crippen LogP contribution in [0.3, 0.4) is 0 Å². The van der Waals surface area contributed by atoms with Gasteiger partial charge < -0.3 is 15.3 Å². The van der Waals surface area contributed by atoms with Crippen LogP contribution < -0.4 is 0 Å². The minimum atomic E-state index is -0.591. The first-order valence-corrected chi connectivity index (χ1v) is 8.61. The Morgan fingerprint density at radius 1 is 1.18 bits per heavy atom. The van der Waals surface area contributed by atoms with Crippen molar-refractivity contribution in [2.75, 3.05) is 6.61 Å². The number of aliphatic hydroxyl groups excluding tert-OH is 1. The van der Waals surface area contributed by atoms with Crippen LogP contribution in [0, 0.1) is 5.41 Å². The minimum absolute atomic E-state index is 0.208. The van der Waals surface area contributed by atoms with Crippen molar-refractivity contribution in [1.82, 2.24) is 0 Å². The lowest BCUT2D eigenvalue weighted by Crippen LogP contribution is -2.45. The molecule has 3 heteroatoms. The predicted molar refractivity (Wildman–Crippen MR) is 87.0 cm³/mol. The average Bonchev–Trinajstić information content (AvgIpc) is 2.49. The summed E-state index contributed by atoms with van der Waals surface area (Å²) in [4.78, 5) is 0. The van der Waals surface area contributed by atoms with E-state index in [-0.39, 0.29) is 12.0 Å². The fourth-order valence-electron chi connectivity index (χ4n) is 4.57. The van der Waals surface area contributed by atoms with Gasteiger partial charge in [0.25, 0.3) is 0 Å². The second kappa shape index (κ2) is 5.86. The van der Waals surface area contributed by atoms with Crippen LogP contribution in [0.25, 0.3) is 0 Å². The van der Waals surface area contributed by atoms with Gasteiger partial charge in [0.15, 0.2) is 0 Å². The van der Waals surface area contributed by atoms with Crippen LogP contribution in [0.15, 0.2) is 18.2 Å². The van der Waals surface area contributed by atoms with Crippen LogP contribution in [0.2, 0.25) is 0 Å². The van der Waals surface area contributed by atoms with Crippen LogP contribution in [0.4, 0.5) is 0 Å². The van der Waals surface area contributed by atoms with E-state index in [0.717, 1.165) is 51.4 Å². The third-order valence-corrected chi connectivity index (χ3v) is 6.10. The maximum atomic E-state index is 11.0. The Morgan fingerprint density at radius 3 is 2.77 bits per heavy atom. The fraction of sp³-hybridized carbons (Fsp3) is 0.684. The van der Waals surface area contributed by atoms with E-state index in [4.69, 9.17) is 5.11 Å². The Balaban J connectivity index is 1.84. The molecule has 22 heavy (non-hydrogen) atoms. The summed E-state index contributed by atoms with van der Waals surface area (Å²) in [7, 11) is 0. The van der Waals surface area contributed by atoms with Crippen molar-refractivity contribution < 1.29 is 15.3 Å². The SMILES string of the molecule is C[C@@]12CCc3cc(O)ccc3[C@H]1C[C@](O)(CCCCO)CC2. The second-order valence-corrected chi connectivity index (χ2v) is 7.70. The summed E-state index contributed by atoms with van der Waals surface area (Å²) in [5.74, 6) is 0.723. The average molecular weight is 304 g/mol. The highest BCUT2D eigenvalue weighted by Gasteiger charge is 2.48. The summed E-state index contributed by atoms with van der Waals surface area (Å²) in [6.07, 6.45) is 7.36. The van der Waals surface area contributed by atoms with Crippen LogP contribution >= 0.6 is 0 Å². The van der Waals surface area contributed by atoms with Gasteiger partial charge in [0.05, 0.1) is 5.60 Å². The molecule has 0 heterocycles. The van der Waals surface area contributed by atoms with Gasteiger partial charge in [-0.1, -0.05) is 13.0 Å². The molecule has 0 aliphatic heterocycles. The number of rotatable bonds is 4. The molecular formula is C19H28O3. The van der Waals surface area contributed by atoms with Gasteiger partial charge in [0.1, 0.15) is 5.75 Å². The number of aryl methyl sites for hydroxylation is 1. The zero-order valence-corrected chi connectivity index (χ0v) is 13.5. The summed E-state index contributed by atoms with van der Waals surface area (Å²) >= 11 is 0.